The Kier molecular flexibility index (Phi) is 13.2. The summed E-state index contributed by atoms with van der Waals surface area (Å²) in [6, 6.07) is 0. The predicted octanol–water partition coefficient (Wildman–Crippen LogP) is 1.06. The van der Waals surface area contributed by atoms with Crippen LogP contribution in [0.1, 0.15) is 55.4 Å². The Labute approximate surface area is 263 Å². The molecule has 2 aliphatic rings. The second-order valence-electron chi connectivity index (χ2n) is 9.25. The molecule has 258 valence electrons. The molecule has 0 aliphatic carbocycles. The summed E-state index contributed by atoms with van der Waals surface area (Å²) in [5.41, 5.74) is 0. The van der Waals surface area contributed by atoms with E-state index in [9.17, 15) is 38.4 Å². The van der Waals surface area contributed by atoms with E-state index in [1.165, 1.54) is 27.7 Å². The summed E-state index contributed by atoms with van der Waals surface area (Å²) in [7, 11) is 0. The largest absolute Gasteiger partial charge is 0.450 e. The van der Waals surface area contributed by atoms with Gasteiger partial charge < -0.3 is 37.9 Å². The highest BCUT2D eigenvalue weighted by Gasteiger charge is 2.68. The Balaban J connectivity index is 3.11. The van der Waals surface area contributed by atoms with Gasteiger partial charge in [-0.1, -0.05) is 0 Å². The molecule has 0 aromatic rings. The summed E-state index contributed by atoms with van der Waals surface area (Å²) < 4.78 is 42.1. The molecule has 0 radical (unpaired) electrons. The summed E-state index contributed by atoms with van der Waals surface area (Å²) >= 11 is 0. The third-order valence-electron chi connectivity index (χ3n) is 6.05. The highest BCUT2D eigenvalue weighted by Crippen LogP contribution is 2.41. The number of carbonyl (C=O) groups is 8. The molecule has 0 aromatic heterocycles. The van der Waals surface area contributed by atoms with Crippen LogP contribution in [0.25, 0.3) is 0 Å². The minimum Gasteiger partial charge on any atom is -0.450 e. The van der Waals surface area contributed by atoms with Crippen molar-refractivity contribution in [2.24, 2.45) is 0 Å². The van der Waals surface area contributed by atoms with Gasteiger partial charge in [-0.2, -0.15) is 0 Å². The quantitative estimate of drug-likeness (QED) is 0.248. The van der Waals surface area contributed by atoms with E-state index in [1.54, 1.807) is 0 Å². The summed E-state index contributed by atoms with van der Waals surface area (Å²) in [4.78, 5) is 106. The molecule has 0 spiro atoms. The van der Waals surface area contributed by atoms with Crippen LogP contribution in [0.3, 0.4) is 0 Å². The van der Waals surface area contributed by atoms with Crippen molar-refractivity contribution < 1.29 is 76.3 Å². The third-order valence-corrected chi connectivity index (χ3v) is 6.05. The SMILES string of the molecule is CCOC(=O)N1C(OC(C)=O)C(OC(C)=O)N(C(=O)OCC)C1C1N(C(=O)OCC)C(OC(C)=O)C(OC(C)=O)N1C(=O)OCC. The lowest BCUT2D eigenvalue weighted by molar-refractivity contribution is -0.177. The highest BCUT2D eigenvalue weighted by atomic mass is 16.7. The van der Waals surface area contributed by atoms with Gasteiger partial charge in [-0.3, -0.25) is 19.2 Å². The first-order valence-corrected chi connectivity index (χ1v) is 14.2. The fourth-order valence-electron chi connectivity index (χ4n) is 4.77. The highest BCUT2D eigenvalue weighted by molar-refractivity contribution is 5.79. The number of nitrogens with zero attached hydrogens (tertiary/aromatic N) is 4. The molecular weight excluding hydrogens is 624 g/mol. The van der Waals surface area contributed by atoms with Gasteiger partial charge in [0.2, 0.25) is 24.9 Å². The molecule has 20 nitrogen and oxygen atoms in total. The molecule has 2 rings (SSSR count). The van der Waals surface area contributed by atoms with E-state index in [0.29, 0.717) is 19.6 Å². The number of hydrogen-bond donors (Lipinski definition) is 0. The van der Waals surface area contributed by atoms with Gasteiger partial charge in [0.25, 0.3) is 0 Å². The van der Waals surface area contributed by atoms with Crippen LogP contribution in [0.15, 0.2) is 0 Å². The van der Waals surface area contributed by atoms with Crippen molar-refractivity contribution in [3.63, 3.8) is 0 Å². The van der Waals surface area contributed by atoms with Gasteiger partial charge in [0, 0.05) is 27.7 Å². The summed E-state index contributed by atoms with van der Waals surface area (Å²) in [5.74, 6) is -4.08. The Morgan fingerprint density at radius 3 is 0.696 bits per heavy atom. The standard InChI is InChI=1S/C26H38N4O16/c1-9-39-23(35)27-17(28(24(36)40-10-2)20(44-14(6)32)19(27)43-13(5)31)18-29(25(37)41-11-3)21(45-15(7)33)22(46-16(8)34)30(18)26(38)42-12-4/h17-22H,9-12H2,1-8H3. The lowest BCUT2D eigenvalue weighted by Gasteiger charge is -2.39. The molecule has 0 saturated carbocycles. The maximum atomic E-state index is 13.6. The minimum absolute atomic E-state index is 0.271. The van der Waals surface area contributed by atoms with Gasteiger partial charge in [0.15, 0.2) is 12.3 Å². The maximum Gasteiger partial charge on any atom is 0.414 e. The van der Waals surface area contributed by atoms with Crippen molar-refractivity contribution in [3.8, 4) is 0 Å². The van der Waals surface area contributed by atoms with Crippen molar-refractivity contribution in [1.82, 2.24) is 19.6 Å². The van der Waals surface area contributed by atoms with Gasteiger partial charge in [0.1, 0.15) is 0 Å². The number of carbonyl (C=O) groups excluding carboxylic acids is 8. The number of rotatable bonds is 9. The molecule has 2 aliphatic heterocycles. The van der Waals surface area contributed by atoms with Crippen LogP contribution in [0.2, 0.25) is 0 Å². The Bertz CT molecular complexity index is 1020. The van der Waals surface area contributed by atoms with Crippen LogP contribution in [0, 0.1) is 0 Å². The monoisotopic (exact) mass is 662 g/mol. The molecule has 0 aromatic carbocycles. The van der Waals surface area contributed by atoms with Gasteiger partial charge in [-0.25, -0.2) is 38.8 Å². The Hall–Kier alpha value is -5.04. The van der Waals surface area contributed by atoms with Gasteiger partial charge in [-0.15, -0.1) is 0 Å². The van der Waals surface area contributed by atoms with E-state index < -0.39 is 85.5 Å². The first-order valence-electron chi connectivity index (χ1n) is 14.2. The topological polar surface area (TPSA) is 223 Å². The second kappa shape index (κ2) is 16.3. The van der Waals surface area contributed by atoms with E-state index in [2.05, 4.69) is 0 Å². The Morgan fingerprint density at radius 1 is 0.391 bits per heavy atom. The van der Waals surface area contributed by atoms with E-state index >= 15 is 0 Å². The predicted molar refractivity (Wildman–Crippen MR) is 145 cm³/mol. The molecule has 20 heteroatoms. The average molecular weight is 663 g/mol. The molecule has 0 N–H and O–H groups in total. The zero-order valence-electron chi connectivity index (χ0n) is 26.6. The van der Waals surface area contributed by atoms with Crippen LogP contribution in [0.5, 0.6) is 0 Å². The molecule has 0 bridgehead atoms. The molecule has 4 unspecified atom stereocenters. The van der Waals surface area contributed by atoms with Gasteiger partial charge in [-0.05, 0) is 27.7 Å². The van der Waals surface area contributed by atoms with Crippen molar-refractivity contribution in [3.05, 3.63) is 0 Å². The van der Waals surface area contributed by atoms with Gasteiger partial charge in [0.05, 0.1) is 26.4 Å². The number of ether oxygens (including phenoxy) is 8. The fraction of sp³-hybridized carbons (Fsp3) is 0.692. The van der Waals surface area contributed by atoms with E-state index in [4.69, 9.17) is 37.9 Å². The summed E-state index contributed by atoms with van der Waals surface area (Å²) in [5, 5.41) is 0. The molecular formula is C26H38N4O16. The van der Waals surface area contributed by atoms with Crippen molar-refractivity contribution in [2.45, 2.75) is 92.6 Å². The van der Waals surface area contributed by atoms with Crippen LogP contribution >= 0.6 is 0 Å². The third kappa shape index (κ3) is 8.16. The average Bonchev–Trinajstić information content (AvgIpc) is 3.40. The van der Waals surface area contributed by atoms with E-state index in [1.807, 2.05) is 0 Å². The van der Waals surface area contributed by atoms with Crippen LogP contribution in [-0.2, 0) is 57.1 Å². The molecule has 4 amide bonds. The minimum atomic E-state index is -2.06. The molecule has 2 fully saturated rings. The maximum absolute atomic E-state index is 13.6. The van der Waals surface area contributed by atoms with Crippen molar-refractivity contribution >= 4 is 48.3 Å². The summed E-state index contributed by atoms with van der Waals surface area (Å²) in [6.45, 7) is 8.43. The number of amides is 4. The second-order valence-corrected chi connectivity index (χ2v) is 9.25. The van der Waals surface area contributed by atoms with E-state index in [0.717, 1.165) is 27.7 Å². The normalized spacial score (nSPS) is 23.7. The molecule has 4 atom stereocenters. The first kappa shape index (κ1) is 37.1. The lowest BCUT2D eigenvalue weighted by Crippen LogP contribution is -2.64. The molecule has 46 heavy (non-hydrogen) atoms. The van der Waals surface area contributed by atoms with Crippen LogP contribution in [0.4, 0.5) is 19.2 Å². The smallest absolute Gasteiger partial charge is 0.414 e. The van der Waals surface area contributed by atoms with Gasteiger partial charge >= 0.3 is 48.3 Å². The number of esters is 4. The van der Waals surface area contributed by atoms with E-state index in [-0.39, 0.29) is 26.4 Å². The zero-order valence-corrected chi connectivity index (χ0v) is 26.6. The number of hydrogen-bond acceptors (Lipinski definition) is 16. The molecule has 2 saturated heterocycles. The first-order chi connectivity index (χ1) is 21.7. The summed E-state index contributed by atoms with van der Waals surface area (Å²) in [6.07, 6.45) is -17.2. The Morgan fingerprint density at radius 2 is 0.565 bits per heavy atom. The fourth-order valence-corrected chi connectivity index (χ4v) is 4.77. The van der Waals surface area contributed by atoms with Crippen LogP contribution < -0.4 is 0 Å². The molecule has 2 heterocycles. The van der Waals surface area contributed by atoms with Crippen LogP contribution in [-0.4, -0.2) is 132 Å². The lowest BCUT2D eigenvalue weighted by atomic mass is 10.3. The zero-order chi connectivity index (χ0) is 34.9. The van der Waals surface area contributed by atoms with Crippen molar-refractivity contribution in [1.29, 1.82) is 0 Å². The van der Waals surface area contributed by atoms with Crippen molar-refractivity contribution in [2.75, 3.05) is 26.4 Å².